The van der Waals surface area contributed by atoms with E-state index in [0.29, 0.717) is 4.77 Å². The fourth-order valence-corrected chi connectivity index (χ4v) is 3.87. The lowest BCUT2D eigenvalue weighted by Crippen LogP contribution is -3.14. The van der Waals surface area contributed by atoms with Crippen molar-refractivity contribution in [2.75, 3.05) is 31.1 Å². The van der Waals surface area contributed by atoms with Gasteiger partial charge in [0.25, 0.3) is 5.82 Å². The van der Waals surface area contributed by atoms with Gasteiger partial charge in [0.1, 0.15) is 26.2 Å². The van der Waals surface area contributed by atoms with E-state index in [1.165, 1.54) is 21.8 Å². The lowest BCUT2D eigenvalue weighted by Gasteiger charge is -2.27. The minimum absolute atomic E-state index is 0.645. The van der Waals surface area contributed by atoms with Gasteiger partial charge in [-0.15, -0.1) is 0 Å². The molecule has 4 rings (SSSR count). The number of nitrogens with zero attached hydrogens (tertiary/aromatic N) is 5. The molecule has 140 valence electrons. The van der Waals surface area contributed by atoms with Gasteiger partial charge in [-0.3, -0.25) is 4.90 Å². The number of anilines is 1. The molecule has 0 unspecified atom stereocenters. The van der Waals surface area contributed by atoms with E-state index in [-0.39, 0.29) is 0 Å². The number of hydrogen-bond donors (Lipinski definition) is 1. The number of pyridine rings is 1. The van der Waals surface area contributed by atoms with Crippen LogP contribution in [-0.2, 0) is 6.67 Å². The molecule has 1 aliphatic heterocycles. The van der Waals surface area contributed by atoms with E-state index in [9.17, 15) is 0 Å². The summed E-state index contributed by atoms with van der Waals surface area (Å²) in [5, 5.41) is 8.60. The van der Waals surface area contributed by atoms with Gasteiger partial charge in [-0.05, 0) is 65.8 Å². The largest absolute Gasteiger partial charge is 0.310 e. The average molecular weight is 384 g/mol. The molecule has 0 aliphatic carbocycles. The van der Waals surface area contributed by atoms with Crippen molar-refractivity contribution in [2.45, 2.75) is 20.5 Å². The van der Waals surface area contributed by atoms with Gasteiger partial charge in [0.05, 0.1) is 11.9 Å². The summed E-state index contributed by atoms with van der Waals surface area (Å²) in [4.78, 5) is 7.16. The second kappa shape index (κ2) is 7.58. The van der Waals surface area contributed by atoms with Crippen molar-refractivity contribution in [3.05, 3.63) is 58.5 Å². The zero-order valence-electron chi connectivity index (χ0n) is 15.7. The number of aromatic amines is 1. The van der Waals surface area contributed by atoms with Gasteiger partial charge in [0, 0.05) is 6.07 Å². The summed E-state index contributed by atoms with van der Waals surface area (Å²) in [7, 11) is 0. The van der Waals surface area contributed by atoms with Crippen molar-refractivity contribution in [3.63, 3.8) is 0 Å². The van der Waals surface area contributed by atoms with Gasteiger partial charge in [-0.25, -0.2) is 4.98 Å². The fraction of sp³-hybridized carbons (Fsp3) is 0.368. The minimum Gasteiger partial charge on any atom is -0.310 e. The van der Waals surface area contributed by atoms with Crippen molar-refractivity contribution < 1.29 is 9.88 Å². The number of rotatable bonds is 4. The molecule has 1 aromatic carbocycles. The second-order valence-electron chi connectivity index (χ2n) is 7.16. The molecule has 8 heteroatoms. The summed E-state index contributed by atoms with van der Waals surface area (Å²) in [6.07, 6.45) is 1.97. The summed E-state index contributed by atoms with van der Waals surface area (Å²) in [5.41, 5.74) is 3.37. The van der Waals surface area contributed by atoms with Crippen LogP contribution in [0.3, 0.4) is 0 Å². The Morgan fingerprint density at radius 1 is 1.07 bits per heavy atom. The number of H-pyrrole nitrogens is 1. The van der Waals surface area contributed by atoms with E-state index in [2.05, 4.69) is 64.5 Å². The number of piperazine rings is 1. The Balaban J connectivity index is 1.44. The number of aryl methyl sites for hydroxylation is 2. The summed E-state index contributed by atoms with van der Waals surface area (Å²) >= 11 is 5.63. The highest BCUT2D eigenvalue weighted by Gasteiger charge is 2.26. The van der Waals surface area contributed by atoms with Gasteiger partial charge in [0.2, 0.25) is 4.77 Å². The van der Waals surface area contributed by atoms with Crippen LogP contribution in [0.1, 0.15) is 11.1 Å². The first-order chi connectivity index (χ1) is 13.1. The molecule has 0 saturated carbocycles. The maximum Gasteiger partial charge on any atom is 0.274 e. The van der Waals surface area contributed by atoms with Gasteiger partial charge < -0.3 is 4.90 Å². The molecule has 3 aromatic rings. The third-order valence-electron chi connectivity index (χ3n) is 4.97. The lowest BCUT2D eigenvalue weighted by atomic mass is 10.1. The number of quaternary nitrogens is 1. The third kappa shape index (κ3) is 3.91. The number of aromatic nitrogens is 5. The fourth-order valence-electron chi connectivity index (χ4n) is 3.62. The quantitative estimate of drug-likeness (QED) is 0.670. The lowest BCUT2D eigenvalue weighted by molar-refractivity contribution is -0.924. The molecule has 2 N–H and O–H groups in total. The molecule has 0 spiro atoms. The highest BCUT2D eigenvalue weighted by Crippen LogP contribution is 2.13. The predicted molar refractivity (Wildman–Crippen MR) is 106 cm³/mol. The van der Waals surface area contributed by atoms with Crippen LogP contribution in [0, 0.1) is 18.6 Å². The molecule has 0 amide bonds. The van der Waals surface area contributed by atoms with Crippen LogP contribution in [-0.4, -0.2) is 46.0 Å². The molecule has 27 heavy (non-hydrogen) atoms. The van der Waals surface area contributed by atoms with Crippen molar-refractivity contribution >= 4 is 18.0 Å². The van der Waals surface area contributed by atoms with Crippen LogP contribution in [0.5, 0.6) is 0 Å². The Kier molecular flexibility index (Phi) is 5.00. The number of benzene rings is 1. The van der Waals surface area contributed by atoms with Crippen LogP contribution >= 0.6 is 12.2 Å². The van der Waals surface area contributed by atoms with Crippen LogP contribution in [0.2, 0.25) is 0 Å². The number of tetrazole rings is 1. The summed E-state index contributed by atoms with van der Waals surface area (Å²) in [6.45, 7) is 9.01. The van der Waals surface area contributed by atoms with Gasteiger partial charge in [-0.2, -0.15) is 9.36 Å². The molecule has 0 atom stereocenters. The van der Waals surface area contributed by atoms with Gasteiger partial charge >= 0.3 is 0 Å². The van der Waals surface area contributed by atoms with Crippen molar-refractivity contribution in [1.82, 2.24) is 19.8 Å². The van der Waals surface area contributed by atoms with E-state index < -0.39 is 0 Å². The SMILES string of the molecule is Cc1cc(C)cc(-n2nnn(C[NH+]3CCN(c4cccc[nH+]4)CC3)c2=S)c1. The first-order valence-corrected chi connectivity index (χ1v) is 9.68. The molecule has 1 aliphatic rings. The van der Waals surface area contributed by atoms with Crippen LogP contribution < -0.4 is 14.8 Å². The highest BCUT2D eigenvalue weighted by atomic mass is 32.1. The monoisotopic (exact) mass is 383 g/mol. The highest BCUT2D eigenvalue weighted by molar-refractivity contribution is 7.71. The van der Waals surface area contributed by atoms with Gasteiger partial charge in [-0.1, -0.05) is 12.1 Å². The number of hydrogen-bond acceptors (Lipinski definition) is 4. The first kappa shape index (κ1) is 17.8. The standard InChI is InChI=1S/C19H23N7S/c1-15-11-16(2)13-17(12-15)26-19(27)25(21-22-26)14-23-7-9-24(10-8-23)18-5-3-4-6-20-18/h3-6,11-13H,7-10,14H2,1-2H3/p+2. The molecule has 7 nitrogen and oxygen atoms in total. The van der Waals surface area contributed by atoms with E-state index >= 15 is 0 Å². The van der Waals surface area contributed by atoms with Crippen LogP contribution in [0.25, 0.3) is 5.69 Å². The zero-order valence-corrected chi connectivity index (χ0v) is 16.5. The Morgan fingerprint density at radius 2 is 1.81 bits per heavy atom. The maximum absolute atomic E-state index is 5.63. The summed E-state index contributed by atoms with van der Waals surface area (Å²) in [5.74, 6) is 1.17. The zero-order chi connectivity index (χ0) is 18.8. The average Bonchev–Trinajstić information content (AvgIpc) is 3.03. The Bertz CT molecular complexity index is 951. The normalized spacial score (nSPS) is 15.3. The van der Waals surface area contributed by atoms with Crippen molar-refractivity contribution in [1.29, 1.82) is 0 Å². The molecule has 1 saturated heterocycles. The maximum atomic E-state index is 5.63. The Labute approximate surface area is 163 Å². The molecule has 0 radical (unpaired) electrons. The smallest absolute Gasteiger partial charge is 0.274 e. The minimum atomic E-state index is 0.645. The Morgan fingerprint density at radius 3 is 2.48 bits per heavy atom. The van der Waals surface area contributed by atoms with Crippen molar-refractivity contribution in [3.8, 4) is 5.69 Å². The van der Waals surface area contributed by atoms with Crippen LogP contribution in [0.15, 0.2) is 42.6 Å². The van der Waals surface area contributed by atoms with Crippen molar-refractivity contribution in [2.24, 2.45) is 0 Å². The molecule has 3 heterocycles. The number of nitrogens with one attached hydrogen (secondary N) is 2. The molecule has 2 aromatic heterocycles. The predicted octanol–water partition coefficient (Wildman–Crippen LogP) is 0.592. The van der Waals surface area contributed by atoms with E-state index in [1.807, 2.05) is 16.9 Å². The molecular weight excluding hydrogens is 358 g/mol. The molecular formula is C19H25N7S+2. The first-order valence-electron chi connectivity index (χ1n) is 9.27. The van der Waals surface area contributed by atoms with Gasteiger partial charge in [0.15, 0.2) is 6.67 Å². The second-order valence-corrected chi connectivity index (χ2v) is 7.53. The van der Waals surface area contributed by atoms with Crippen LogP contribution in [0.4, 0.5) is 5.82 Å². The molecule has 0 bridgehead atoms. The topological polar surface area (TPSA) is 57.5 Å². The Hall–Kier alpha value is -2.58. The van der Waals surface area contributed by atoms with E-state index in [1.54, 1.807) is 4.68 Å². The van der Waals surface area contributed by atoms with E-state index in [4.69, 9.17) is 12.2 Å². The summed E-state index contributed by atoms with van der Waals surface area (Å²) < 4.78 is 4.24. The molecule has 1 fully saturated rings. The summed E-state index contributed by atoms with van der Waals surface area (Å²) in [6, 6.07) is 12.5. The third-order valence-corrected chi connectivity index (χ3v) is 5.35. The van der Waals surface area contributed by atoms with E-state index in [0.717, 1.165) is 38.5 Å².